The summed E-state index contributed by atoms with van der Waals surface area (Å²) < 4.78 is 44.6. The predicted molar refractivity (Wildman–Crippen MR) is 91.9 cm³/mol. The lowest BCUT2D eigenvalue weighted by atomic mass is 10.1. The molecule has 0 bridgehead atoms. The van der Waals surface area contributed by atoms with E-state index in [0.717, 1.165) is 6.92 Å². The van der Waals surface area contributed by atoms with Crippen molar-refractivity contribution in [1.29, 1.82) is 5.26 Å². The van der Waals surface area contributed by atoms with Gasteiger partial charge in [0.15, 0.2) is 0 Å². The Balaban J connectivity index is 2.03. The quantitative estimate of drug-likeness (QED) is 0.791. The molecule has 2 rings (SSSR count). The van der Waals surface area contributed by atoms with Gasteiger partial charge in [-0.3, -0.25) is 9.58 Å². The van der Waals surface area contributed by atoms with Crippen LogP contribution in [0.2, 0.25) is 0 Å². The molecule has 1 amide bonds. The van der Waals surface area contributed by atoms with E-state index in [1.807, 2.05) is 6.07 Å². The second kappa shape index (κ2) is 8.12. The Morgan fingerprint density at radius 2 is 2.11 bits per heavy atom. The number of carbonyl (C=O) groups excluding carboxylic acids is 1. The molecule has 1 heterocycles. The van der Waals surface area contributed by atoms with Crippen LogP contribution in [0.5, 0.6) is 0 Å². The standard InChI is InChI=1S/C18H19F3N4O2/c1-12(18(19,20)21)7-15-9-16(25(3)23-15)24(2)17(26)27-11-14-6-4-5-13(8-14)10-22/h4-6,8-9,12H,7,11H2,1-3H3. The molecule has 0 aliphatic rings. The molecular weight excluding hydrogens is 361 g/mol. The van der Waals surface area contributed by atoms with Gasteiger partial charge in [-0.1, -0.05) is 19.1 Å². The molecular formula is C18H19F3N4O2. The molecule has 6 nitrogen and oxygen atoms in total. The van der Waals surface area contributed by atoms with Crippen molar-refractivity contribution in [2.24, 2.45) is 13.0 Å². The molecule has 0 fully saturated rings. The molecule has 0 saturated carbocycles. The summed E-state index contributed by atoms with van der Waals surface area (Å²) in [7, 11) is 2.99. The van der Waals surface area contributed by atoms with Crippen LogP contribution in [-0.2, 0) is 24.8 Å². The van der Waals surface area contributed by atoms with Crippen molar-refractivity contribution in [3.63, 3.8) is 0 Å². The summed E-state index contributed by atoms with van der Waals surface area (Å²) in [4.78, 5) is 13.4. The Hall–Kier alpha value is -3.02. The summed E-state index contributed by atoms with van der Waals surface area (Å²) in [5, 5.41) is 12.9. The van der Waals surface area contributed by atoms with Gasteiger partial charge in [-0.2, -0.15) is 23.5 Å². The average Bonchev–Trinajstić information content (AvgIpc) is 2.98. The van der Waals surface area contributed by atoms with E-state index in [9.17, 15) is 18.0 Å². The third-order valence-corrected chi connectivity index (χ3v) is 4.02. The van der Waals surface area contributed by atoms with Gasteiger partial charge in [0.1, 0.15) is 12.4 Å². The number of nitrogens with zero attached hydrogens (tertiary/aromatic N) is 4. The molecule has 1 atom stereocenters. The summed E-state index contributed by atoms with van der Waals surface area (Å²) >= 11 is 0. The summed E-state index contributed by atoms with van der Waals surface area (Å²) in [6, 6.07) is 10.1. The first kappa shape index (κ1) is 20.3. The Bertz CT molecular complexity index is 855. The third kappa shape index (κ3) is 5.23. The molecule has 0 aliphatic carbocycles. The minimum Gasteiger partial charge on any atom is -0.444 e. The maximum Gasteiger partial charge on any atom is 0.415 e. The SMILES string of the molecule is CC(Cc1cc(N(C)C(=O)OCc2cccc(C#N)c2)n(C)n1)C(F)(F)F. The van der Waals surface area contributed by atoms with Crippen LogP contribution in [0.1, 0.15) is 23.7 Å². The second-order valence-corrected chi connectivity index (χ2v) is 6.19. The fourth-order valence-electron chi connectivity index (χ4n) is 2.42. The van der Waals surface area contributed by atoms with Crippen molar-refractivity contribution in [2.75, 3.05) is 11.9 Å². The summed E-state index contributed by atoms with van der Waals surface area (Å²) in [6.45, 7) is 1.05. The van der Waals surface area contributed by atoms with E-state index in [1.165, 1.54) is 29.7 Å². The number of nitriles is 1. The predicted octanol–water partition coefficient (Wildman–Crippen LogP) is 3.81. The van der Waals surface area contributed by atoms with Crippen LogP contribution in [0.3, 0.4) is 0 Å². The van der Waals surface area contributed by atoms with Gasteiger partial charge in [-0.25, -0.2) is 4.79 Å². The van der Waals surface area contributed by atoms with Gasteiger partial charge < -0.3 is 4.74 Å². The van der Waals surface area contributed by atoms with Crippen LogP contribution in [0.4, 0.5) is 23.8 Å². The number of anilines is 1. The van der Waals surface area contributed by atoms with E-state index in [1.54, 1.807) is 24.3 Å². The minimum absolute atomic E-state index is 0.0332. The molecule has 0 radical (unpaired) electrons. The van der Waals surface area contributed by atoms with Gasteiger partial charge >= 0.3 is 12.3 Å². The summed E-state index contributed by atoms with van der Waals surface area (Å²) in [6.07, 6.45) is -5.27. The lowest BCUT2D eigenvalue weighted by molar-refractivity contribution is -0.169. The Morgan fingerprint density at radius 1 is 1.41 bits per heavy atom. The zero-order chi connectivity index (χ0) is 20.2. The molecule has 27 heavy (non-hydrogen) atoms. The third-order valence-electron chi connectivity index (χ3n) is 4.02. The van der Waals surface area contributed by atoms with Gasteiger partial charge in [0.05, 0.1) is 23.2 Å². The number of amides is 1. The van der Waals surface area contributed by atoms with E-state index >= 15 is 0 Å². The second-order valence-electron chi connectivity index (χ2n) is 6.19. The van der Waals surface area contributed by atoms with E-state index in [0.29, 0.717) is 16.9 Å². The molecule has 0 spiro atoms. The van der Waals surface area contributed by atoms with Crippen molar-refractivity contribution in [3.05, 3.63) is 47.2 Å². The number of carbonyl (C=O) groups is 1. The van der Waals surface area contributed by atoms with Crippen LogP contribution >= 0.6 is 0 Å². The molecule has 0 saturated heterocycles. The highest BCUT2D eigenvalue weighted by Crippen LogP contribution is 2.29. The van der Waals surface area contributed by atoms with Crippen LogP contribution in [0.25, 0.3) is 0 Å². The molecule has 2 aromatic rings. The molecule has 0 aliphatic heterocycles. The van der Waals surface area contributed by atoms with Crippen molar-refractivity contribution in [2.45, 2.75) is 26.1 Å². The fourth-order valence-corrected chi connectivity index (χ4v) is 2.42. The van der Waals surface area contributed by atoms with E-state index < -0.39 is 18.2 Å². The fraction of sp³-hybridized carbons (Fsp3) is 0.389. The van der Waals surface area contributed by atoms with Crippen LogP contribution < -0.4 is 4.90 Å². The van der Waals surface area contributed by atoms with Crippen LogP contribution in [-0.4, -0.2) is 29.1 Å². The molecule has 0 N–H and O–H groups in total. The van der Waals surface area contributed by atoms with Crippen molar-refractivity contribution >= 4 is 11.9 Å². The molecule has 144 valence electrons. The number of hydrogen-bond acceptors (Lipinski definition) is 4. The highest BCUT2D eigenvalue weighted by molar-refractivity contribution is 5.85. The number of alkyl halides is 3. The van der Waals surface area contributed by atoms with Crippen molar-refractivity contribution in [1.82, 2.24) is 9.78 Å². The highest BCUT2D eigenvalue weighted by atomic mass is 19.4. The van der Waals surface area contributed by atoms with Crippen LogP contribution in [0.15, 0.2) is 30.3 Å². The summed E-state index contributed by atoms with van der Waals surface area (Å²) in [5.41, 5.74) is 1.34. The zero-order valence-corrected chi connectivity index (χ0v) is 15.1. The number of hydrogen-bond donors (Lipinski definition) is 0. The van der Waals surface area contributed by atoms with Crippen LogP contribution in [0, 0.1) is 17.2 Å². The van der Waals surface area contributed by atoms with E-state index in [2.05, 4.69) is 5.10 Å². The highest BCUT2D eigenvalue weighted by Gasteiger charge is 2.36. The van der Waals surface area contributed by atoms with E-state index in [-0.39, 0.29) is 18.7 Å². The maximum absolute atomic E-state index is 12.7. The lowest BCUT2D eigenvalue weighted by Crippen LogP contribution is -2.28. The zero-order valence-electron chi connectivity index (χ0n) is 15.1. The normalized spacial score (nSPS) is 12.3. The number of benzene rings is 1. The van der Waals surface area contributed by atoms with Gasteiger partial charge in [-0.05, 0) is 17.7 Å². The minimum atomic E-state index is -4.31. The van der Waals surface area contributed by atoms with Gasteiger partial charge in [0, 0.05) is 26.6 Å². The first-order chi connectivity index (χ1) is 12.6. The smallest absolute Gasteiger partial charge is 0.415 e. The Kier molecular flexibility index (Phi) is 6.10. The van der Waals surface area contributed by atoms with Gasteiger partial charge in [0.2, 0.25) is 0 Å². The summed E-state index contributed by atoms with van der Waals surface area (Å²) in [5.74, 6) is -1.22. The maximum atomic E-state index is 12.7. The number of halogens is 3. The van der Waals surface area contributed by atoms with Gasteiger partial charge in [0.25, 0.3) is 0 Å². The molecule has 1 aromatic carbocycles. The average molecular weight is 380 g/mol. The topological polar surface area (TPSA) is 71.2 Å². The van der Waals surface area contributed by atoms with Crippen molar-refractivity contribution < 1.29 is 22.7 Å². The number of aromatic nitrogens is 2. The first-order valence-corrected chi connectivity index (χ1v) is 8.11. The van der Waals surface area contributed by atoms with Crippen molar-refractivity contribution in [3.8, 4) is 6.07 Å². The number of rotatable bonds is 5. The molecule has 1 aromatic heterocycles. The lowest BCUT2D eigenvalue weighted by Gasteiger charge is -2.16. The number of aryl methyl sites for hydroxylation is 1. The molecule has 1 unspecified atom stereocenters. The largest absolute Gasteiger partial charge is 0.444 e. The molecule has 9 heteroatoms. The van der Waals surface area contributed by atoms with Gasteiger partial charge in [-0.15, -0.1) is 0 Å². The Labute approximate surface area is 154 Å². The number of ether oxygens (including phenoxy) is 1. The Morgan fingerprint density at radius 3 is 2.74 bits per heavy atom. The monoisotopic (exact) mass is 380 g/mol. The first-order valence-electron chi connectivity index (χ1n) is 8.11. The van der Waals surface area contributed by atoms with E-state index in [4.69, 9.17) is 10.00 Å².